The van der Waals surface area contributed by atoms with Gasteiger partial charge in [0.2, 0.25) is 5.95 Å². The molecule has 27 heavy (non-hydrogen) atoms. The van der Waals surface area contributed by atoms with Crippen LogP contribution < -0.4 is 10.2 Å². The van der Waals surface area contributed by atoms with E-state index in [2.05, 4.69) is 20.0 Å². The molecule has 0 spiro atoms. The number of ether oxygens (including phenoxy) is 1. The third kappa shape index (κ3) is 4.38. The minimum absolute atomic E-state index is 0.362. The van der Waals surface area contributed by atoms with Crippen LogP contribution in [-0.2, 0) is 14.3 Å². The molecule has 2 amide bonds. The number of hydrogen-bond donors (Lipinski definition) is 1. The quantitative estimate of drug-likeness (QED) is 0.622. The zero-order valence-electron chi connectivity index (χ0n) is 14.8. The number of nitrogens with one attached hydrogen (secondary N) is 1. The first-order chi connectivity index (χ1) is 13.1. The van der Waals surface area contributed by atoms with Crippen molar-refractivity contribution in [1.29, 1.82) is 0 Å². The average Bonchev–Trinajstić information content (AvgIpc) is 2.74. The number of rotatable bonds is 3. The van der Waals surface area contributed by atoms with E-state index in [9.17, 15) is 14.4 Å². The van der Waals surface area contributed by atoms with Gasteiger partial charge in [0.15, 0.2) is 0 Å². The maximum atomic E-state index is 12.4. The molecule has 2 heterocycles. The molecule has 3 rings (SSSR count). The first-order valence-electron chi connectivity index (χ1n) is 8.39. The van der Waals surface area contributed by atoms with Gasteiger partial charge in [0.1, 0.15) is 0 Å². The highest BCUT2D eigenvalue weighted by molar-refractivity contribution is 6.39. The van der Waals surface area contributed by atoms with E-state index in [4.69, 9.17) is 0 Å². The number of hydrogen-bond acceptors (Lipinski definition) is 7. The molecule has 9 nitrogen and oxygen atoms in total. The van der Waals surface area contributed by atoms with Crippen LogP contribution in [0.3, 0.4) is 0 Å². The molecular formula is C18H19N5O4. The van der Waals surface area contributed by atoms with Crippen molar-refractivity contribution in [3.63, 3.8) is 0 Å². The molecule has 1 aliphatic rings. The van der Waals surface area contributed by atoms with E-state index in [0.717, 1.165) is 0 Å². The average molecular weight is 369 g/mol. The number of carbonyl (C=O) groups excluding carboxylic acids is 3. The van der Waals surface area contributed by atoms with Gasteiger partial charge >= 0.3 is 17.8 Å². The zero-order valence-corrected chi connectivity index (χ0v) is 14.8. The van der Waals surface area contributed by atoms with Crippen LogP contribution in [0.5, 0.6) is 0 Å². The van der Waals surface area contributed by atoms with Gasteiger partial charge in [-0.05, 0) is 30.3 Å². The summed E-state index contributed by atoms with van der Waals surface area (Å²) in [5.41, 5.74) is 0.790. The minimum Gasteiger partial charge on any atom is -0.465 e. The minimum atomic E-state index is -0.717. The molecule has 140 valence electrons. The van der Waals surface area contributed by atoms with Gasteiger partial charge in [0.25, 0.3) is 0 Å². The summed E-state index contributed by atoms with van der Waals surface area (Å²) in [6.45, 7) is 1.92. The summed E-state index contributed by atoms with van der Waals surface area (Å²) in [5, 5.41) is 2.55. The molecule has 1 saturated heterocycles. The maximum absolute atomic E-state index is 12.4. The topological polar surface area (TPSA) is 105 Å². The third-order valence-electron chi connectivity index (χ3n) is 4.16. The number of carbonyl (C=O) groups is 3. The summed E-state index contributed by atoms with van der Waals surface area (Å²) in [6.07, 6.45) is 3.33. The molecule has 1 fully saturated rings. The lowest BCUT2D eigenvalue weighted by atomic mass is 10.2. The number of amides is 2. The largest absolute Gasteiger partial charge is 0.465 e. The van der Waals surface area contributed by atoms with Crippen molar-refractivity contribution >= 4 is 29.4 Å². The molecule has 0 unspecified atom stereocenters. The normalized spacial score (nSPS) is 13.8. The molecule has 2 aromatic rings. The molecule has 0 aliphatic carbocycles. The van der Waals surface area contributed by atoms with Gasteiger partial charge in [0.05, 0.1) is 12.7 Å². The van der Waals surface area contributed by atoms with E-state index in [1.165, 1.54) is 24.1 Å². The zero-order chi connectivity index (χ0) is 19.2. The van der Waals surface area contributed by atoms with Gasteiger partial charge in [-0.2, -0.15) is 0 Å². The van der Waals surface area contributed by atoms with Crippen molar-refractivity contribution < 1.29 is 19.1 Å². The third-order valence-corrected chi connectivity index (χ3v) is 4.16. The number of methoxy groups -OCH3 is 1. The SMILES string of the molecule is COC(=O)c1ccc(NC(=O)C(=O)N2CCN(c3ncccn3)CC2)cc1. The van der Waals surface area contributed by atoms with Crippen molar-refractivity contribution in [2.75, 3.05) is 43.5 Å². The second kappa shape index (κ2) is 8.26. The van der Waals surface area contributed by atoms with Gasteiger partial charge in [0, 0.05) is 44.3 Å². The van der Waals surface area contributed by atoms with Crippen LogP contribution in [0.2, 0.25) is 0 Å². The second-order valence-electron chi connectivity index (χ2n) is 5.85. The Morgan fingerprint density at radius 2 is 1.63 bits per heavy atom. The van der Waals surface area contributed by atoms with Crippen molar-refractivity contribution in [2.45, 2.75) is 0 Å². The lowest BCUT2D eigenvalue weighted by Gasteiger charge is -2.34. The summed E-state index contributed by atoms with van der Waals surface area (Å²) < 4.78 is 4.62. The van der Waals surface area contributed by atoms with Gasteiger partial charge in [-0.15, -0.1) is 0 Å². The van der Waals surface area contributed by atoms with Crippen molar-refractivity contribution in [1.82, 2.24) is 14.9 Å². The summed E-state index contributed by atoms with van der Waals surface area (Å²) >= 11 is 0. The van der Waals surface area contributed by atoms with Crippen LogP contribution in [0, 0.1) is 0 Å². The van der Waals surface area contributed by atoms with Crippen LogP contribution in [0.1, 0.15) is 10.4 Å². The molecule has 1 aromatic heterocycles. The molecule has 0 radical (unpaired) electrons. The number of esters is 1. The van der Waals surface area contributed by atoms with E-state index < -0.39 is 17.8 Å². The number of nitrogens with zero attached hydrogens (tertiary/aromatic N) is 4. The highest BCUT2D eigenvalue weighted by Crippen LogP contribution is 2.12. The van der Waals surface area contributed by atoms with Crippen LogP contribution in [0.25, 0.3) is 0 Å². The van der Waals surface area contributed by atoms with Crippen LogP contribution in [0.15, 0.2) is 42.7 Å². The molecule has 1 aromatic carbocycles. The lowest BCUT2D eigenvalue weighted by Crippen LogP contribution is -2.52. The smallest absolute Gasteiger partial charge is 0.337 e. The Morgan fingerprint density at radius 1 is 1.00 bits per heavy atom. The van der Waals surface area contributed by atoms with Gasteiger partial charge < -0.3 is 19.9 Å². The van der Waals surface area contributed by atoms with E-state index in [1.807, 2.05) is 4.90 Å². The van der Waals surface area contributed by atoms with Crippen LogP contribution in [0.4, 0.5) is 11.6 Å². The molecule has 0 bridgehead atoms. The molecule has 0 atom stereocenters. The summed E-state index contributed by atoms with van der Waals surface area (Å²) in [4.78, 5) is 47.8. The van der Waals surface area contributed by atoms with E-state index in [0.29, 0.717) is 43.4 Å². The van der Waals surface area contributed by atoms with E-state index in [1.54, 1.807) is 30.6 Å². The number of benzene rings is 1. The van der Waals surface area contributed by atoms with E-state index >= 15 is 0 Å². The summed E-state index contributed by atoms with van der Waals surface area (Å²) in [7, 11) is 1.29. The van der Waals surface area contributed by atoms with Crippen molar-refractivity contribution in [3.05, 3.63) is 48.3 Å². The Kier molecular flexibility index (Phi) is 5.60. The number of aromatic nitrogens is 2. The van der Waals surface area contributed by atoms with E-state index in [-0.39, 0.29) is 0 Å². The molecular weight excluding hydrogens is 350 g/mol. The molecule has 0 saturated carbocycles. The first-order valence-corrected chi connectivity index (χ1v) is 8.39. The maximum Gasteiger partial charge on any atom is 0.337 e. The highest BCUT2D eigenvalue weighted by Gasteiger charge is 2.26. The predicted molar refractivity (Wildman–Crippen MR) is 97.2 cm³/mol. The predicted octanol–water partition coefficient (Wildman–Crippen LogP) is 0.550. The van der Waals surface area contributed by atoms with Crippen molar-refractivity contribution in [2.24, 2.45) is 0 Å². The standard InChI is InChI=1S/C18H19N5O4/c1-27-17(26)13-3-5-14(6-4-13)21-15(24)16(25)22-9-11-23(12-10-22)18-19-7-2-8-20-18/h2-8H,9-12H2,1H3,(H,21,24). The number of anilines is 2. The van der Waals surface area contributed by atoms with Gasteiger partial charge in [-0.25, -0.2) is 14.8 Å². The number of piperazine rings is 1. The molecule has 1 aliphatic heterocycles. The summed E-state index contributed by atoms with van der Waals surface area (Å²) in [6, 6.07) is 7.87. The van der Waals surface area contributed by atoms with Gasteiger partial charge in [-0.1, -0.05) is 0 Å². The monoisotopic (exact) mass is 369 g/mol. The Hall–Kier alpha value is -3.49. The lowest BCUT2D eigenvalue weighted by molar-refractivity contribution is -0.143. The highest BCUT2D eigenvalue weighted by atomic mass is 16.5. The van der Waals surface area contributed by atoms with Crippen LogP contribution >= 0.6 is 0 Å². The first kappa shape index (κ1) is 18.3. The Labute approximate surface area is 156 Å². The Balaban J connectivity index is 1.54. The molecule has 1 N–H and O–H groups in total. The van der Waals surface area contributed by atoms with Crippen molar-refractivity contribution in [3.8, 4) is 0 Å². The Morgan fingerprint density at radius 3 is 2.22 bits per heavy atom. The Bertz CT molecular complexity index is 817. The van der Waals surface area contributed by atoms with Gasteiger partial charge in [-0.3, -0.25) is 9.59 Å². The molecule has 9 heteroatoms. The second-order valence-corrected chi connectivity index (χ2v) is 5.85. The summed E-state index contributed by atoms with van der Waals surface area (Å²) in [5.74, 6) is -1.17. The fourth-order valence-electron chi connectivity index (χ4n) is 2.70. The fourth-order valence-corrected chi connectivity index (χ4v) is 2.70. The fraction of sp³-hybridized carbons (Fsp3) is 0.278. The van der Waals surface area contributed by atoms with Crippen LogP contribution in [-0.4, -0.2) is 65.9 Å².